The van der Waals surface area contributed by atoms with Crippen molar-refractivity contribution in [2.45, 2.75) is 24.5 Å². The number of rotatable bonds is 3. The number of ether oxygens (including phenoxy) is 1. The molecule has 27 heavy (non-hydrogen) atoms. The molecule has 2 aromatic carbocycles. The Kier molecular flexibility index (Phi) is 5.15. The number of allylic oxidation sites excluding steroid dienone is 1. The van der Waals surface area contributed by atoms with Crippen LogP contribution in [-0.4, -0.2) is 22.8 Å². The minimum atomic E-state index is -4.54. The molecule has 1 aliphatic heterocycles. The molecule has 0 radical (unpaired) electrons. The highest BCUT2D eigenvalue weighted by molar-refractivity contribution is 6.30. The molecule has 0 fully saturated rings. The molecule has 0 aromatic heterocycles. The van der Waals surface area contributed by atoms with E-state index < -0.39 is 24.0 Å². The predicted octanol–water partition coefficient (Wildman–Crippen LogP) is 5.82. The molecule has 0 saturated heterocycles. The molecule has 0 spiro atoms. The van der Waals surface area contributed by atoms with Gasteiger partial charge in [-0.25, -0.2) is 4.79 Å². The average molecular weight is 400 g/mol. The minimum Gasteiger partial charge on any atom is -0.444 e. The zero-order valence-corrected chi connectivity index (χ0v) is 14.5. The Bertz CT molecular complexity index is 841. The summed E-state index contributed by atoms with van der Waals surface area (Å²) in [6.45, 7) is -0.181. The number of hydrogen-bond donors (Lipinski definition) is 0. The van der Waals surface area contributed by atoms with Crippen molar-refractivity contribution in [2.75, 3.05) is 0 Å². The van der Waals surface area contributed by atoms with E-state index >= 15 is 0 Å². The molecule has 1 unspecified atom stereocenters. The number of amides is 1. The lowest BCUT2D eigenvalue weighted by Gasteiger charge is -2.40. The van der Waals surface area contributed by atoms with Crippen LogP contribution < -0.4 is 0 Å². The molecule has 8 heteroatoms. The molecular formula is C19H14ClF4NO2. The maximum absolute atomic E-state index is 14.5. The quantitative estimate of drug-likeness (QED) is 0.609. The van der Waals surface area contributed by atoms with Crippen molar-refractivity contribution in [3.05, 3.63) is 83.0 Å². The van der Waals surface area contributed by atoms with Crippen LogP contribution >= 0.6 is 11.6 Å². The van der Waals surface area contributed by atoms with E-state index in [0.717, 1.165) is 0 Å². The lowest BCUT2D eigenvalue weighted by Crippen LogP contribution is -2.54. The zero-order valence-electron chi connectivity index (χ0n) is 13.8. The Balaban J connectivity index is 1.91. The lowest BCUT2D eigenvalue weighted by atomic mass is 9.92. The number of alkyl halides is 4. The predicted molar refractivity (Wildman–Crippen MR) is 91.7 cm³/mol. The first-order valence-electron chi connectivity index (χ1n) is 7.92. The van der Waals surface area contributed by atoms with E-state index in [1.54, 1.807) is 30.3 Å². The van der Waals surface area contributed by atoms with Crippen molar-refractivity contribution in [2.24, 2.45) is 0 Å². The molecular weight excluding hydrogens is 386 g/mol. The second kappa shape index (κ2) is 7.23. The van der Waals surface area contributed by atoms with E-state index in [1.807, 2.05) is 0 Å². The van der Waals surface area contributed by atoms with E-state index in [0.29, 0.717) is 16.7 Å². The van der Waals surface area contributed by atoms with Crippen molar-refractivity contribution in [3.63, 3.8) is 0 Å². The first-order chi connectivity index (χ1) is 12.7. The van der Waals surface area contributed by atoms with Gasteiger partial charge in [-0.15, -0.1) is 0 Å². The monoisotopic (exact) mass is 399 g/mol. The van der Waals surface area contributed by atoms with Gasteiger partial charge in [-0.2, -0.15) is 17.6 Å². The SMILES string of the molecule is O=C(OCc1ccccc1)N1C=CC(F)(F)C(F)(F)C1c1ccc(Cl)cc1. The van der Waals surface area contributed by atoms with E-state index in [9.17, 15) is 22.4 Å². The molecule has 1 amide bonds. The molecule has 3 rings (SSSR count). The van der Waals surface area contributed by atoms with Crippen molar-refractivity contribution >= 4 is 17.7 Å². The summed E-state index contributed by atoms with van der Waals surface area (Å²) >= 11 is 5.74. The fraction of sp³-hybridized carbons (Fsp3) is 0.211. The fourth-order valence-electron chi connectivity index (χ4n) is 2.70. The van der Waals surface area contributed by atoms with Crippen LogP contribution in [0, 0.1) is 0 Å². The zero-order chi connectivity index (χ0) is 19.7. The van der Waals surface area contributed by atoms with Crippen molar-refractivity contribution in [1.82, 2.24) is 4.90 Å². The maximum Gasteiger partial charge on any atom is 0.414 e. The van der Waals surface area contributed by atoms with Crippen molar-refractivity contribution in [3.8, 4) is 0 Å². The summed E-state index contributed by atoms with van der Waals surface area (Å²) in [6, 6.07) is 11.2. The summed E-state index contributed by atoms with van der Waals surface area (Å²) in [4.78, 5) is 12.8. The fourth-order valence-corrected chi connectivity index (χ4v) is 2.83. The third-order valence-electron chi connectivity index (χ3n) is 4.11. The van der Waals surface area contributed by atoms with E-state index in [-0.39, 0.29) is 23.3 Å². The minimum absolute atomic E-state index is 0.00317. The Morgan fingerprint density at radius 3 is 2.30 bits per heavy atom. The standard InChI is InChI=1S/C19H14ClF4NO2/c20-15-8-6-14(7-9-15)16-19(23,24)18(21,22)10-11-25(16)17(26)27-12-13-4-2-1-3-5-13/h1-11,16H,12H2. The number of carbonyl (C=O) groups excluding carboxylic acids is 1. The summed E-state index contributed by atoms with van der Waals surface area (Å²) in [7, 11) is 0. The summed E-state index contributed by atoms with van der Waals surface area (Å²) in [5.41, 5.74) is 0.442. The lowest BCUT2D eigenvalue weighted by molar-refractivity contribution is -0.218. The van der Waals surface area contributed by atoms with Gasteiger partial charge in [-0.05, 0) is 23.3 Å². The Hall–Kier alpha value is -2.54. The van der Waals surface area contributed by atoms with Gasteiger partial charge in [0, 0.05) is 17.3 Å². The van der Waals surface area contributed by atoms with E-state index in [1.165, 1.54) is 24.3 Å². The van der Waals surface area contributed by atoms with Crippen LogP contribution in [0.1, 0.15) is 17.2 Å². The Morgan fingerprint density at radius 2 is 1.67 bits per heavy atom. The van der Waals surface area contributed by atoms with Gasteiger partial charge in [0.2, 0.25) is 0 Å². The van der Waals surface area contributed by atoms with Crippen LogP contribution in [0.3, 0.4) is 0 Å². The highest BCUT2D eigenvalue weighted by atomic mass is 35.5. The molecule has 1 heterocycles. The highest BCUT2D eigenvalue weighted by Crippen LogP contribution is 2.50. The molecule has 3 nitrogen and oxygen atoms in total. The van der Waals surface area contributed by atoms with Gasteiger partial charge in [0.1, 0.15) is 12.6 Å². The first-order valence-corrected chi connectivity index (χ1v) is 8.29. The molecule has 0 saturated carbocycles. The molecule has 2 aromatic rings. The first kappa shape index (κ1) is 19.2. The Morgan fingerprint density at radius 1 is 1.04 bits per heavy atom. The summed E-state index contributed by atoms with van der Waals surface area (Å²) in [6.07, 6.45) is -0.530. The van der Waals surface area contributed by atoms with Crippen LogP contribution in [0.4, 0.5) is 22.4 Å². The van der Waals surface area contributed by atoms with Crippen LogP contribution in [0.2, 0.25) is 5.02 Å². The van der Waals surface area contributed by atoms with Crippen LogP contribution in [0.15, 0.2) is 66.9 Å². The number of nitrogens with zero attached hydrogens (tertiary/aromatic N) is 1. The average Bonchev–Trinajstić information content (AvgIpc) is 2.64. The number of halogens is 5. The number of carbonyl (C=O) groups is 1. The van der Waals surface area contributed by atoms with Crippen molar-refractivity contribution in [1.29, 1.82) is 0 Å². The molecule has 1 atom stereocenters. The van der Waals surface area contributed by atoms with Crippen molar-refractivity contribution < 1.29 is 27.1 Å². The van der Waals surface area contributed by atoms with Gasteiger partial charge in [0.15, 0.2) is 0 Å². The molecule has 0 N–H and O–H groups in total. The maximum atomic E-state index is 14.5. The highest BCUT2D eigenvalue weighted by Gasteiger charge is 2.64. The van der Waals surface area contributed by atoms with Crippen LogP contribution in [-0.2, 0) is 11.3 Å². The van der Waals surface area contributed by atoms with Gasteiger partial charge in [0.05, 0.1) is 0 Å². The summed E-state index contributed by atoms with van der Waals surface area (Å²) in [5.74, 6) is -8.96. The van der Waals surface area contributed by atoms with Gasteiger partial charge in [-0.1, -0.05) is 54.1 Å². The Labute approximate surface area is 157 Å². The molecule has 0 bridgehead atoms. The van der Waals surface area contributed by atoms with Gasteiger partial charge in [-0.3, -0.25) is 4.90 Å². The van der Waals surface area contributed by atoms with Crippen LogP contribution in [0.25, 0.3) is 0 Å². The summed E-state index contributed by atoms with van der Waals surface area (Å²) < 4.78 is 61.8. The largest absolute Gasteiger partial charge is 0.444 e. The number of benzene rings is 2. The normalized spacial score (nSPS) is 20.3. The van der Waals surface area contributed by atoms with E-state index in [2.05, 4.69) is 0 Å². The third-order valence-corrected chi connectivity index (χ3v) is 4.36. The topological polar surface area (TPSA) is 29.5 Å². The third kappa shape index (κ3) is 3.78. The van der Waals surface area contributed by atoms with Gasteiger partial charge >= 0.3 is 17.9 Å². The van der Waals surface area contributed by atoms with Crippen LogP contribution in [0.5, 0.6) is 0 Å². The second-order valence-electron chi connectivity index (χ2n) is 5.96. The molecule has 0 aliphatic carbocycles. The molecule has 142 valence electrons. The summed E-state index contributed by atoms with van der Waals surface area (Å²) in [5, 5.41) is 0.249. The van der Waals surface area contributed by atoms with Gasteiger partial charge < -0.3 is 4.74 Å². The smallest absolute Gasteiger partial charge is 0.414 e. The molecule has 1 aliphatic rings. The number of hydrogen-bond acceptors (Lipinski definition) is 2. The second-order valence-corrected chi connectivity index (χ2v) is 6.40. The van der Waals surface area contributed by atoms with Gasteiger partial charge in [0.25, 0.3) is 0 Å². The van der Waals surface area contributed by atoms with E-state index in [4.69, 9.17) is 16.3 Å².